The summed E-state index contributed by atoms with van der Waals surface area (Å²) in [7, 11) is 2.04. The number of nitrogens with zero attached hydrogens (tertiary/aromatic N) is 6. The first kappa shape index (κ1) is 41.9. The van der Waals surface area contributed by atoms with Crippen molar-refractivity contribution in [1.82, 2.24) is 23.3 Å². The average molecular weight is 991 g/mol. The van der Waals surface area contributed by atoms with Gasteiger partial charge in [-0.1, -0.05) is 95.4 Å². The Hall–Kier alpha value is -5.73. The van der Waals surface area contributed by atoms with E-state index in [9.17, 15) is 4.79 Å². The predicted molar refractivity (Wildman–Crippen MR) is 241 cm³/mol. The molecule has 0 saturated carbocycles. The van der Waals surface area contributed by atoms with Gasteiger partial charge in [-0.05, 0) is 84.7 Å². The fraction of sp³-hybridized carbons (Fsp3) is 0.104. The number of alkyl halides is 1. The molecule has 10 heteroatoms. The minimum atomic E-state index is -0.211. The molecule has 292 valence electrons. The highest BCUT2D eigenvalue weighted by Crippen LogP contribution is 2.34. The van der Waals surface area contributed by atoms with Gasteiger partial charge in [0.1, 0.15) is 18.1 Å². The zero-order chi connectivity index (χ0) is 39.7. The molecule has 0 amide bonds. The van der Waals surface area contributed by atoms with Gasteiger partial charge in [0.05, 0.1) is 42.0 Å². The Kier molecular flexibility index (Phi) is 14.2. The number of benzene rings is 6. The number of carbonyl (C=O) groups excluding carboxylic acids is 1. The fourth-order valence-corrected chi connectivity index (χ4v) is 7.17. The lowest BCUT2D eigenvalue weighted by atomic mass is 10.1. The van der Waals surface area contributed by atoms with Crippen molar-refractivity contribution in [2.24, 2.45) is 7.05 Å². The van der Waals surface area contributed by atoms with Crippen molar-refractivity contribution < 1.29 is 38.1 Å². The van der Waals surface area contributed by atoms with Crippen molar-refractivity contribution in [2.75, 3.05) is 11.5 Å². The molecule has 58 heavy (non-hydrogen) atoms. The largest absolute Gasteiger partial charge is 1.00 e. The molecule has 6 aromatic carbocycles. The number of ether oxygens (including phenoxy) is 1. The molecule has 0 unspecified atom stereocenters. The number of aromatic nitrogens is 6. The van der Waals surface area contributed by atoms with Gasteiger partial charge in [-0.2, -0.15) is 0 Å². The van der Waals surface area contributed by atoms with E-state index in [-0.39, 0.29) is 29.9 Å². The minimum Gasteiger partial charge on any atom is -1.00 e. The second-order valence-corrected chi connectivity index (χ2v) is 13.2. The number of rotatable bonds is 5. The molecule has 4 aromatic heterocycles. The van der Waals surface area contributed by atoms with Crippen LogP contribution in [0.3, 0.4) is 0 Å². The highest BCUT2D eigenvalue weighted by molar-refractivity contribution is 14.1. The SMILES string of the molecule is CCOC(C)=O.CI.C[n+]1ccn(-c2ccc3c(c2)c2ccccc2n3-c2ccccc2)c1.[I-].c1ccc(-n2c3ccccc3c3cc(-n4ccnc4)ccc32)cc1. The second-order valence-electron chi connectivity index (χ2n) is 13.2. The maximum Gasteiger partial charge on any atom is 0.302 e. The molecule has 0 N–H and O–H groups in total. The first-order valence-electron chi connectivity index (χ1n) is 18.7. The highest BCUT2D eigenvalue weighted by Gasteiger charge is 2.15. The number of halogens is 2. The van der Waals surface area contributed by atoms with E-state index in [4.69, 9.17) is 0 Å². The molecule has 10 rings (SSSR count). The van der Waals surface area contributed by atoms with E-state index in [1.165, 1.54) is 67.6 Å². The molecule has 0 fully saturated rings. The van der Waals surface area contributed by atoms with E-state index in [0.29, 0.717) is 6.61 Å². The Morgan fingerprint density at radius 3 is 1.48 bits per heavy atom. The minimum absolute atomic E-state index is 0. The van der Waals surface area contributed by atoms with Gasteiger partial charge >= 0.3 is 5.97 Å². The molecule has 10 aromatic rings. The smallest absolute Gasteiger partial charge is 0.302 e. The molecule has 0 saturated heterocycles. The summed E-state index contributed by atoms with van der Waals surface area (Å²) in [6.45, 7) is 3.65. The van der Waals surface area contributed by atoms with Crippen molar-refractivity contribution in [3.05, 3.63) is 183 Å². The Labute approximate surface area is 369 Å². The molecule has 0 aliphatic rings. The fourth-order valence-electron chi connectivity index (χ4n) is 7.17. The molecular formula is C48H44I2N6O2. The number of hydrogen-bond acceptors (Lipinski definition) is 3. The molecule has 0 spiro atoms. The van der Waals surface area contributed by atoms with Gasteiger partial charge in [0, 0.05) is 57.9 Å². The van der Waals surface area contributed by atoms with E-state index in [1.807, 2.05) is 29.1 Å². The van der Waals surface area contributed by atoms with Gasteiger partial charge in [0.25, 0.3) is 0 Å². The van der Waals surface area contributed by atoms with Crippen LogP contribution in [0.25, 0.3) is 66.4 Å². The van der Waals surface area contributed by atoms with E-state index < -0.39 is 0 Å². The van der Waals surface area contributed by atoms with Crippen LogP contribution >= 0.6 is 22.6 Å². The van der Waals surface area contributed by atoms with Crippen LogP contribution in [0.15, 0.2) is 183 Å². The maximum atomic E-state index is 9.82. The summed E-state index contributed by atoms with van der Waals surface area (Å²) in [6, 6.07) is 51.5. The van der Waals surface area contributed by atoms with Crippen molar-refractivity contribution >= 4 is 72.2 Å². The third-order valence-corrected chi connectivity index (χ3v) is 9.56. The number of carbonyl (C=O) groups is 1. The number of esters is 1. The van der Waals surface area contributed by atoms with Crippen LogP contribution in [0.2, 0.25) is 0 Å². The molecular weight excluding hydrogens is 946 g/mol. The number of para-hydroxylation sites is 4. The number of imidazole rings is 2. The summed E-state index contributed by atoms with van der Waals surface area (Å²) in [5.74, 6) is -0.211. The Morgan fingerprint density at radius 2 is 1.07 bits per heavy atom. The third-order valence-electron chi connectivity index (χ3n) is 9.56. The van der Waals surface area contributed by atoms with Crippen LogP contribution in [-0.2, 0) is 16.6 Å². The van der Waals surface area contributed by atoms with Crippen LogP contribution in [0.4, 0.5) is 0 Å². The van der Waals surface area contributed by atoms with Crippen LogP contribution < -0.4 is 28.5 Å². The first-order chi connectivity index (χ1) is 28.0. The lowest BCUT2D eigenvalue weighted by molar-refractivity contribution is -0.670. The van der Waals surface area contributed by atoms with Crippen LogP contribution in [-0.4, -0.2) is 40.8 Å². The second kappa shape index (κ2) is 19.6. The van der Waals surface area contributed by atoms with Crippen LogP contribution in [0.1, 0.15) is 13.8 Å². The molecule has 0 atom stereocenters. The van der Waals surface area contributed by atoms with Crippen molar-refractivity contribution in [3.8, 4) is 22.7 Å². The van der Waals surface area contributed by atoms with Crippen LogP contribution in [0.5, 0.6) is 0 Å². The maximum absolute atomic E-state index is 9.82. The number of aryl methyl sites for hydroxylation is 1. The number of fused-ring (bicyclic) bond motifs is 6. The lowest BCUT2D eigenvalue weighted by Gasteiger charge is -2.08. The van der Waals surface area contributed by atoms with Crippen molar-refractivity contribution in [3.63, 3.8) is 0 Å². The lowest BCUT2D eigenvalue weighted by Crippen LogP contribution is -3.00. The summed E-state index contributed by atoms with van der Waals surface area (Å²) in [4.78, 5) is 15.9. The van der Waals surface area contributed by atoms with E-state index in [2.05, 4.69) is 215 Å². The van der Waals surface area contributed by atoms with Gasteiger partial charge in [0.15, 0.2) is 0 Å². The molecule has 0 bridgehead atoms. The normalized spacial score (nSPS) is 10.5. The summed E-state index contributed by atoms with van der Waals surface area (Å²) < 4.78 is 15.3. The monoisotopic (exact) mass is 990 g/mol. The molecule has 0 aliphatic heterocycles. The van der Waals surface area contributed by atoms with Gasteiger partial charge < -0.3 is 42.4 Å². The quantitative estimate of drug-likeness (QED) is 0.0761. The average Bonchev–Trinajstić information content (AvgIpc) is 4.07. The molecule has 0 radical (unpaired) electrons. The molecule has 0 aliphatic carbocycles. The van der Waals surface area contributed by atoms with E-state index in [0.717, 1.165) is 5.69 Å². The zero-order valence-corrected chi connectivity index (χ0v) is 37.1. The third kappa shape index (κ3) is 8.87. The van der Waals surface area contributed by atoms with Gasteiger partial charge in [-0.25, -0.2) is 14.1 Å². The predicted octanol–water partition coefficient (Wildman–Crippen LogP) is 7.99. The topological polar surface area (TPSA) is 62.8 Å². The van der Waals surface area contributed by atoms with Crippen molar-refractivity contribution in [2.45, 2.75) is 13.8 Å². The zero-order valence-electron chi connectivity index (χ0n) is 32.8. The van der Waals surface area contributed by atoms with E-state index in [1.54, 1.807) is 13.1 Å². The standard InChI is InChI=1S/C22H18N3.C21H15N3.C4H8O2.CH3I.HI/c1-23-13-14-24(16-23)18-11-12-22-20(15-18)19-9-5-6-10-21(19)25(22)17-7-3-2-4-8-17;1-2-6-16(7-3-1)24-20-9-5-4-8-18(20)19-14-17(10-11-21(19)24)23-13-12-22-15-23;1-3-6-4(2)5;1-2;/h2-16H,1H3;1-15H;3H2,1-2H3;1H3;1H/q+1;;;;/p-1. The van der Waals surface area contributed by atoms with E-state index >= 15 is 0 Å². The first-order valence-corrected chi connectivity index (χ1v) is 20.9. The highest BCUT2D eigenvalue weighted by atomic mass is 127. The van der Waals surface area contributed by atoms with Gasteiger partial charge in [0.2, 0.25) is 6.33 Å². The van der Waals surface area contributed by atoms with Crippen LogP contribution in [0, 0.1) is 0 Å². The Balaban J connectivity index is 0.000000163. The Morgan fingerprint density at radius 1 is 0.603 bits per heavy atom. The summed E-state index contributed by atoms with van der Waals surface area (Å²) in [6.07, 6.45) is 11.8. The van der Waals surface area contributed by atoms with Crippen molar-refractivity contribution in [1.29, 1.82) is 0 Å². The molecule has 8 nitrogen and oxygen atoms in total. The summed E-state index contributed by atoms with van der Waals surface area (Å²) in [5, 5.41) is 5.06. The summed E-state index contributed by atoms with van der Waals surface area (Å²) in [5.41, 5.74) is 9.56. The molecule has 4 heterocycles. The van der Waals surface area contributed by atoms with Gasteiger partial charge in [-0.3, -0.25) is 4.79 Å². The summed E-state index contributed by atoms with van der Waals surface area (Å²) >= 11 is 2.15. The van der Waals surface area contributed by atoms with Gasteiger partial charge in [-0.15, -0.1) is 0 Å². The number of hydrogen-bond donors (Lipinski definition) is 0. The Bertz CT molecular complexity index is 2880.